The summed E-state index contributed by atoms with van der Waals surface area (Å²) >= 11 is 0. The van der Waals surface area contributed by atoms with Crippen molar-refractivity contribution in [2.24, 2.45) is 4.99 Å². The van der Waals surface area contributed by atoms with Crippen molar-refractivity contribution in [3.8, 4) is 0 Å². The first-order valence-electron chi connectivity index (χ1n) is 9.05. The van der Waals surface area contributed by atoms with Crippen molar-refractivity contribution in [3.63, 3.8) is 0 Å². The average molecular weight is 340 g/mol. The molecular weight excluding hydrogens is 316 g/mol. The zero-order valence-electron chi connectivity index (χ0n) is 15.8. The number of anilines is 1. The number of hydrogen-bond donors (Lipinski definition) is 0. The molecule has 0 aliphatic carbocycles. The zero-order valence-corrected chi connectivity index (χ0v) is 15.8. The van der Waals surface area contributed by atoms with Gasteiger partial charge in [0.15, 0.2) is 0 Å². The highest BCUT2D eigenvalue weighted by molar-refractivity contribution is 5.96. The Morgan fingerprint density at radius 2 is 1.73 bits per heavy atom. The molecule has 2 nitrogen and oxygen atoms in total. The topological polar surface area (TPSA) is 15.6 Å². The minimum Gasteiger partial charge on any atom is -0.366 e. The minimum absolute atomic E-state index is 0.0373. The summed E-state index contributed by atoms with van der Waals surface area (Å²) in [5.74, 6) is 0. The number of likely N-dealkylation sites (N-methyl/N-ethyl adjacent to an activating group) is 1. The third kappa shape index (κ3) is 2.82. The number of benzene rings is 3. The fourth-order valence-electron chi connectivity index (χ4n) is 3.72. The summed E-state index contributed by atoms with van der Waals surface area (Å²) in [4.78, 5) is 7.10. The van der Waals surface area contributed by atoms with Crippen LogP contribution in [0.25, 0.3) is 16.3 Å². The quantitative estimate of drug-likeness (QED) is 0.505. The van der Waals surface area contributed by atoms with Gasteiger partial charge in [0.2, 0.25) is 0 Å². The molecule has 0 saturated heterocycles. The number of fused-ring (bicyclic) bond motifs is 2. The highest BCUT2D eigenvalue weighted by Gasteiger charge is 2.28. The standard InChI is InChI=1S/C24H24N2/c1-17-15-24(2,3)26(4)23-13-12-18(14-21(17)23)16-25-22-11-7-9-19-8-5-6-10-20(19)22/h5-16H,1-4H3. The van der Waals surface area contributed by atoms with E-state index in [1.165, 1.54) is 27.6 Å². The molecule has 0 fully saturated rings. The van der Waals surface area contributed by atoms with Crippen LogP contribution in [0.5, 0.6) is 0 Å². The maximum absolute atomic E-state index is 4.77. The molecule has 0 radical (unpaired) electrons. The summed E-state index contributed by atoms with van der Waals surface area (Å²) in [6.07, 6.45) is 4.30. The molecule has 0 unspecified atom stereocenters. The van der Waals surface area contributed by atoms with Crippen molar-refractivity contribution in [1.29, 1.82) is 0 Å². The Hall–Kier alpha value is -2.87. The number of rotatable bonds is 2. The third-order valence-electron chi connectivity index (χ3n) is 5.36. The van der Waals surface area contributed by atoms with E-state index >= 15 is 0 Å². The van der Waals surface area contributed by atoms with E-state index in [9.17, 15) is 0 Å². The van der Waals surface area contributed by atoms with Crippen LogP contribution in [0, 0.1) is 0 Å². The zero-order chi connectivity index (χ0) is 18.3. The van der Waals surface area contributed by atoms with Gasteiger partial charge in [0.05, 0.1) is 11.2 Å². The Labute approximate surface area is 155 Å². The summed E-state index contributed by atoms with van der Waals surface area (Å²) in [6.45, 7) is 6.68. The first-order valence-corrected chi connectivity index (χ1v) is 9.05. The lowest BCUT2D eigenvalue weighted by Gasteiger charge is -2.40. The lowest BCUT2D eigenvalue weighted by atomic mass is 9.89. The van der Waals surface area contributed by atoms with Gasteiger partial charge < -0.3 is 4.90 Å². The number of allylic oxidation sites excluding steroid dienone is 1. The normalized spacial score (nSPS) is 16.0. The van der Waals surface area contributed by atoms with Gasteiger partial charge in [-0.3, -0.25) is 4.99 Å². The van der Waals surface area contributed by atoms with Crippen LogP contribution in [-0.4, -0.2) is 18.8 Å². The molecule has 4 rings (SSSR count). The second-order valence-electron chi connectivity index (χ2n) is 7.57. The molecule has 3 aromatic carbocycles. The van der Waals surface area contributed by atoms with Gasteiger partial charge in [-0.05, 0) is 55.5 Å². The molecule has 0 aromatic heterocycles. The minimum atomic E-state index is 0.0373. The van der Waals surface area contributed by atoms with Crippen molar-refractivity contribution in [2.45, 2.75) is 26.3 Å². The molecule has 0 amide bonds. The van der Waals surface area contributed by atoms with Gasteiger partial charge in [-0.25, -0.2) is 0 Å². The Kier molecular flexibility index (Phi) is 3.91. The van der Waals surface area contributed by atoms with E-state index in [4.69, 9.17) is 4.99 Å². The summed E-state index contributed by atoms with van der Waals surface area (Å²) in [7, 11) is 2.16. The molecule has 1 aliphatic heterocycles. The second-order valence-corrected chi connectivity index (χ2v) is 7.57. The van der Waals surface area contributed by atoms with Gasteiger partial charge >= 0.3 is 0 Å². The van der Waals surface area contributed by atoms with Gasteiger partial charge in [-0.1, -0.05) is 48.5 Å². The van der Waals surface area contributed by atoms with Crippen LogP contribution in [0.15, 0.2) is 71.7 Å². The van der Waals surface area contributed by atoms with E-state index in [-0.39, 0.29) is 5.54 Å². The molecule has 0 saturated carbocycles. The monoisotopic (exact) mass is 340 g/mol. The van der Waals surface area contributed by atoms with Gasteiger partial charge in [0.25, 0.3) is 0 Å². The van der Waals surface area contributed by atoms with E-state index in [1.54, 1.807) is 0 Å². The molecule has 130 valence electrons. The molecule has 0 N–H and O–H groups in total. The predicted octanol–water partition coefficient (Wildman–Crippen LogP) is 6.22. The summed E-state index contributed by atoms with van der Waals surface area (Å²) < 4.78 is 0. The van der Waals surface area contributed by atoms with Gasteiger partial charge in [0, 0.05) is 29.9 Å². The fraction of sp³-hybridized carbons (Fsp3) is 0.208. The van der Waals surface area contributed by atoms with Gasteiger partial charge in [-0.2, -0.15) is 0 Å². The molecule has 0 spiro atoms. The van der Waals surface area contributed by atoms with E-state index < -0.39 is 0 Å². The first-order chi connectivity index (χ1) is 12.5. The van der Waals surface area contributed by atoms with Crippen molar-refractivity contribution in [3.05, 3.63) is 77.9 Å². The van der Waals surface area contributed by atoms with Crippen LogP contribution in [0.2, 0.25) is 0 Å². The van der Waals surface area contributed by atoms with Crippen LogP contribution >= 0.6 is 0 Å². The second kappa shape index (κ2) is 6.14. The predicted molar refractivity (Wildman–Crippen MR) is 114 cm³/mol. The Morgan fingerprint density at radius 1 is 0.962 bits per heavy atom. The van der Waals surface area contributed by atoms with Crippen LogP contribution in [0.1, 0.15) is 31.9 Å². The highest BCUT2D eigenvalue weighted by atomic mass is 15.2. The SMILES string of the molecule is CC1=CC(C)(C)N(C)c2ccc(C=Nc3cccc4ccccc34)cc21. The summed E-state index contributed by atoms with van der Waals surface area (Å²) in [5, 5.41) is 2.40. The van der Waals surface area contributed by atoms with Crippen molar-refractivity contribution in [1.82, 2.24) is 0 Å². The lowest BCUT2D eigenvalue weighted by molar-refractivity contribution is 0.598. The van der Waals surface area contributed by atoms with Crippen molar-refractivity contribution < 1.29 is 0 Å². The summed E-state index contributed by atoms with van der Waals surface area (Å²) in [5.41, 5.74) is 6.05. The van der Waals surface area contributed by atoms with E-state index in [0.29, 0.717) is 0 Å². The van der Waals surface area contributed by atoms with Crippen LogP contribution < -0.4 is 4.90 Å². The Morgan fingerprint density at radius 3 is 2.58 bits per heavy atom. The van der Waals surface area contributed by atoms with Gasteiger partial charge in [0.1, 0.15) is 0 Å². The molecule has 1 aliphatic rings. The maximum Gasteiger partial charge on any atom is 0.0708 e. The van der Waals surface area contributed by atoms with Gasteiger partial charge in [-0.15, -0.1) is 0 Å². The maximum atomic E-state index is 4.77. The molecule has 0 bridgehead atoms. The third-order valence-corrected chi connectivity index (χ3v) is 5.36. The molecule has 26 heavy (non-hydrogen) atoms. The number of aliphatic imine (C=N–C) groups is 1. The number of nitrogens with zero attached hydrogens (tertiary/aromatic N) is 2. The van der Waals surface area contributed by atoms with E-state index in [2.05, 4.69) is 99.5 Å². The molecular formula is C24H24N2. The Balaban J connectivity index is 1.72. The molecule has 0 atom stereocenters. The van der Waals surface area contributed by atoms with Crippen molar-refractivity contribution >= 4 is 33.9 Å². The molecule has 3 aromatic rings. The summed E-state index contributed by atoms with van der Waals surface area (Å²) in [6, 6.07) is 21.2. The van der Waals surface area contributed by atoms with Crippen molar-refractivity contribution in [2.75, 3.05) is 11.9 Å². The molecule has 1 heterocycles. The number of hydrogen-bond acceptors (Lipinski definition) is 2. The van der Waals surface area contributed by atoms with Crippen LogP contribution in [0.4, 0.5) is 11.4 Å². The highest BCUT2D eigenvalue weighted by Crippen LogP contribution is 2.38. The van der Waals surface area contributed by atoms with E-state index in [0.717, 1.165) is 11.3 Å². The first kappa shape index (κ1) is 16.6. The largest absolute Gasteiger partial charge is 0.366 e. The average Bonchev–Trinajstić information content (AvgIpc) is 2.64. The smallest absolute Gasteiger partial charge is 0.0708 e. The lowest BCUT2D eigenvalue weighted by Crippen LogP contribution is -2.42. The Bertz CT molecular complexity index is 1040. The van der Waals surface area contributed by atoms with Crippen LogP contribution in [0.3, 0.4) is 0 Å². The molecule has 2 heteroatoms. The van der Waals surface area contributed by atoms with E-state index in [1.807, 2.05) is 6.21 Å². The van der Waals surface area contributed by atoms with Crippen LogP contribution in [-0.2, 0) is 0 Å². The fourth-order valence-corrected chi connectivity index (χ4v) is 3.72.